The number of hydrogen-bond donors (Lipinski definition) is 3. The van der Waals surface area contributed by atoms with Crippen molar-refractivity contribution in [1.82, 2.24) is 5.32 Å². The molecule has 0 aliphatic heterocycles. The molecular weight excluding hydrogens is 520 g/mol. The quantitative estimate of drug-likeness (QED) is 0.0804. The predicted octanol–water partition coefficient (Wildman–Crippen LogP) is 8.16. The number of carbonyl (C=O) groups excluding carboxylic acids is 1. The van der Waals surface area contributed by atoms with Crippen molar-refractivity contribution in [2.75, 3.05) is 19.8 Å². The van der Waals surface area contributed by atoms with Crippen molar-refractivity contribution in [1.29, 1.82) is 0 Å². The fourth-order valence-electron chi connectivity index (χ4n) is 5.18. The van der Waals surface area contributed by atoms with Crippen molar-refractivity contribution in [3.63, 3.8) is 0 Å². The summed E-state index contributed by atoms with van der Waals surface area (Å²) in [6.45, 7) is 7.80. The minimum atomic E-state index is -0.262. The number of amides is 1. The van der Waals surface area contributed by atoms with E-state index in [-0.39, 0.29) is 36.6 Å². The van der Waals surface area contributed by atoms with Crippen LogP contribution in [0.4, 0.5) is 0 Å². The summed E-state index contributed by atoms with van der Waals surface area (Å²) in [5.41, 5.74) is 8.96. The standard InChI is InChI=1S/C34H60N2O3.ClH/c1-4-7-8-15-23-31(39-29-28-37)24-16-13-11-9-10-12-14-17-26-33(38)36-27-20-22-30-21-18-19-25-32(30)34(35,5-2)6-3;/h13,16,18-19,21,25,31,37H,4-12,14-15,17,20,22-24,26-29,35H2,1-3H3,(H,36,38);1H/b16-13-;. The Morgan fingerprint density at radius 3 is 2.40 bits per heavy atom. The van der Waals surface area contributed by atoms with Crippen molar-refractivity contribution in [2.45, 2.75) is 142 Å². The molecule has 4 N–H and O–H groups in total. The van der Waals surface area contributed by atoms with E-state index in [0.29, 0.717) is 13.0 Å². The molecule has 1 rings (SSSR count). The zero-order chi connectivity index (χ0) is 28.6. The van der Waals surface area contributed by atoms with Gasteiger partial charge in [-0.3, -0.25) is 4.79 Å². The first-order chi connectivity index (χ1) is 19.0. The molecule has 1 amide bonds. The summed E-state index contributed by atoms with van der Waals surface area (Å²) in [6.07, 6.45) is 23.0. The van der Waals surface area contributed by atoms with E-state index in [0.717, 1.165) is 64.3 Å². The van der Waals surface area contributed by atoms with Gasteiger partial charge in [-0.05, 0) is 68.9 Å². The van der Waals surface area contributed by atoms with E-state index in [1.54, 1.807) is 0 Å². The molecule has 0 aliphatic carbocycles. The van der Waals surface area contributed by atoms with Gasteiger partial charge in [-0.1, -0.05) is 102 Å². The lowest BCUT2D eigenvalue weighted by atomic mass is 9.82. The Balaban J connectivity index is 0.0000152. The molecule has 0 heterocycles. The molecule has 5 nitrogen and oxygen atoms in total. The van der Waals surface area contributed by atoms with Crippen molar-refractivity contribution < 1.29 is 14.6 Å². The van der Waals surface area contributed by atoms with Crippen molar-refractivity contribution in [3.05, 3.63) is 47.5 Å². The van der Waals surface area contributed by atoms with Crippen LogP contribution in [0.5, 0.6) is 0 Å². The van der Waals surface area contributed by atoms with E-state index in [1.807, 2.05) is 0 Å². The first-order valence-electron chi connectivity index (χ1n) is 16.0. The molecule has 232 valence electrons. The number of aliphatic hydroxyl groups excluding tert-OH is 1. The molecule has 0 radical (unpaired) electrons. The number of nitrogens with two attached hydrogens (primary N) is 1. The van der Waals surface area contributed by atoms with E-state index >= 15 is 0 Å². The molecule has 0 saturated carbocycles. The third-order valence-electron chi connectivity index (χ3n) is 7.93. The minimum absolute atomic E-state index is 0. The summed E-state index contributed by atoms with van der Waals surface area (Å²) in [4.78, 5) is 12.2. The highest BCUT2D eigenvalue weighted by Gasteiger charge is 2.25. The molecule has 0 spiro atoms. The van der Waals surface area contributed by atoms with E-state index in [4.69, 9.17) is 15.6 Å². The van der Waals surface area contributed by atoms with E-state index in [1.165, 1.54) is 56.1 Å². The van der Waals surface area contributed by atoms with Crippen LogP contribution in [0.1, 0.15) is 135 Å². The van der Waals surface area contributed by atoms with Gasteiger partial charge in [0.25, 0.3) is 0 Å². The summed E-state index contributed by atoms with van der Waals surface area (Å²) in [5.74, 6) is 0.175. The Bertz CT molecular complexity index is 767. The van der Waals surface area contributed by atoms with Gasteiger partial charge in [0.1, 0.15) is 0 Å². The predicted molar refractivity (Wildman–Crippen MR) is 173 cm³/mol. The van der Waals surface area contributed by atoms with Gasteiger partial charge < -0.3 is 20.9 Å². The van der Waals surface area contributed by atoms with Crippen molar-refractivity contribution >= 4 is 18.3 Å². The highest BCUT2D eigenvalue weighted by molar-refractivity contribution is 5.85. The smallest absolute Gasteiger partial charge is 0.219 e. The molecule has 0 bridgehead atoms. The van der Waals surface area contributed by atoms with Gasteiger partial charge in [-0.15, -0.1) is 12.4 Å². The summed E-state index contributed by atoms with van der Waals surface area (Å²) >= 11 is 0. The maximum absolute atomic E-state index is 12.2. The first kappa shape index (κ1) is 38.6. The Kier molecular flexibility index (Phi) is 24.4. The summed E-state index contributed by atoms with van der Waals surface area (Å²) < 4.78 is 5.80. The lowest BCUT2D eigenvalue weighted by Gasteiger charge is -2.29. The zero-order valence-electron chi connectivity index (χ0n) is 25.9. The fraction of sp³-hybridized carbons (Fsp3) is 0.735. The SMILES string of the molecule is CCCCCCC(C/C=C\CCCCCCCC(=O)NCCCc1ccccc1C(N)(CC)CC)OCCO.Cl. The molecule has 0 saturated heterocycles. The van der Waals surface area contributed by atoms with Crippen LogP contribution in [0.2, 0.25) is 0 Å². The zero-order valence-corrected chi connectivity index (χ0v) is 26.7. The number of carbonyl (C=O) groups is 1. The molecule has 0 aliphatic rings. The van der Waals surface area contributed by atoms with Gasteiger partial charge in [0.05, 0.1) is 19.3 Å². The van der Waals surface area contributed by atoms with E-state index in [9.17, 15) is 4.79 Å². The van der Waals surface area contributed by atoms with Crippen molar-refractivity contribution in [2.24, 2.45) is 5.73 Å². The molecule has 1 unspecified atom stereocenters. The van der Waals surface area contributed by atoms with Crippen LogP contribution in [0, 0.1) is 0 Å². The number of unbranched alkanes of at least 4 members (excludes halogenated alkanes) is 8. The van der Waals surface area contributed by atoms with Crippen LogP contribution in [0.15, 0.2) is 36.4 Å². The van der Waals surface area contributed by atoms with Gasteiger partial charge in [-0.2, -0.15) is 0 Å². The van der Waals surface area contributed by atoms with Gasteiger partial charge in [-0.25, -0.2) is 0 Å². The monoisotopic (exact) mass is 580 g/mol. The Morgan fingerprint density at radius 2 is 1.68 bits per heavy atom. The Morgan fingerprint density at radius 1 is 0.975 bits per heavy atom. The fourth-order valence-corrected chi connectivity index (χ4v) is 5.18. The van der Waals surface area contributed by atoms with E-state index in [2.05, 4.69) is 62.5 Å². The second-order valence-corrected chi connectivity index (χ2v) is 11.1. The molecular formula is C34H61ClN2O3. The van der Waals surface area contributed by atoms with Gasteiger partial charge >= 0.3 is 0 Å². The molecule has 1 aromatic carbocycles. The number of benzene rings is 1. The molecule has 1 atom stereocenters. The minimum Gasteiger partial charge on any atom is -0.394 e. The number of allylic oxidation sites excluding steroid dienone is 1. The number of ether oxygens (including phenoxy) is 1. The van der Waals surface area contributed by atoms with Gasteiger partial charge in [0.2, 0.25) is 5.91 Å². The second kappa shape index (κ2) is 25.3. The first-order valence-corrected chi connectivity index (χ1v) is 16.0. The van der Waals surface area contributed by atoms with Crippen LogP contribution in [-0.2, 0) is 21.5 Å². The van der Waals surface area contributed by atoms with Crippen molar-refractivity contribution in [3.8, 4) is 0 Å². The van der Waals surface area contributed by atoms with Gasteiger partial charge in [0, 0.05) is 18.5 Å². The third-order valence-corrected chi connectivity index (χ3v) is 7.93. The van der Waals surface area contributed by atoms with Crippen LogP contribution in [0.25, 0.3) is 0 Å². The van der Waals surface area contributed by atoms with Crippen LogP contribution < -0.4 is 11.1 Å². The number of halogens is 1. The summed E-state index contributed by atoms with van der Waals surface area (Å²) in [6, 6.07) is 8.51. The summed E-state index contributed by atoms with van der Waals surface area (Å²) in [5, 5.41) is 12.2. The molecule has 0 fully saturated rings. The Labute approximate surface area is 252 Å². The lowest BCUT2D eigenvalue weighted by Crippen LogP contribution is -2.36. The number of hydrogen-bond acceptors (Lipinski definition) is 4. The topological polar surface area (TPSA) is 84.6 Å². The molecule has 40 heavy (non-hydrogen) atoms. The maximum Gasteiger partial charge on any atom is 0.219 e. The normalized spacial score (nSPS) is 12.4. The third kappa shape index (κ3) is 17.4. The average Bonchev–Trinajstić information content (AvgIpc) is 2.96. The number of nitrogens with one attached hydrogen (secondary N) is 1. The van der Waals surface area contributed by atoms with Crippen LogP contribution in [0.3, 0.4) is 0 Å². The molecule has 1 aromatic rings. The van der Waals surface area contributed by atoms with E-state index < -0.39 is 0 Å². The highest BCUT2D eigenvalue weighted by atomic mass is 35.5. The molecule has 6 heteroatoms. The highest BCUT2D eigenvalue weighted by Crippen LogP contribution is 2.29. The lowest BCUT2D eigenvalue weighted by molar-refractivity contribution is -0.121. The van der Waals surface area contributed by atoms with Crippen LogP contribution in [-0.4, -0.2) is 36.9 Å². The second-order valence-electron chi connectivity index (χ2n) is 11.1. The summed E-state index contributed by atoms with van der Waals surface area (Å²) in [7, 11) is 0. The average molecular weight is 581 g/mol. The maximum atomic E-state index is 12.2. The Hall–Kier alpha value is -1.40. The van der Waals surface area contributed by atoms with Gasteiger partial charge in [0.15, 0.2) is 0 Å². The molecule has 0 aromatic heterocycles. The number of aliphatic hydroxyl groups is 1. The number of rotatable bonds is 25. The largest absolute Gasteiger partial charge is 0.394 e. The number of aryl methyl sites for hydroxylation is 1. The van der Waals surface area contributed by atoms with Crippen LogP contribution >= 0.6 is 12.4 Å².